The molecular formula is C18H18BrNO. The van der Waals surface area contributed by atoms with Crippen molar-refractivity contribution in [2.24, 2.45) is 5.92 Å². The quantitative estimate of drug-likeness (QED) is 0.779. The smallest absolute Gasteiger partial charge is 0.0895 e. The molecule has 2 aromatic carbocycles. The Balaban J connectivity index is 1.78. The molecule has 108 valence electrons. The average Bonchev–Trinajstić information content (AvgIpc) is 2.54. The lowest BCUT2D eigenvalue weighted by Gasteiger charge is -2.43. The van der Waals surface area contributed by atoms with E-state index in [2.05, 4.69) is 69.8 Å². The molecule has 21 heavy (non-hydrogen) atoms. The Kier molecular flexibility index (Phi) is 3.48. The summed E-state index contributed by atoms with van der Waals surface area (Å²) in [6, 6.07) is 17.5. The molecule has 1 N–H and O–H groups in total. The molecule has 0 radical (unpaired) electrons. The molecule has 1 saturated heterocycles. The minimum atomic E-state index is 0.222. The fourth-order valence-electron chi connectivity index (χ4n) is 3.65. The third kappa shape index (κ3) is 2.39. The van der Waals surface area contributed by atoms with Crippen molar-refractivity contribution >= 4 is 21.6 Å². The summed E-state index contributed by atoms with van der Waals surface area (Å²) >= 11 is 3.59. The van der Waals surface area contributed by atoms with Crippen LogP contribution in [-0.2, 0) is 4.74 Å². The van der Waals surface area contributed by atoms with Crippen LogP contribution in [0.25, 0.3) is 0 Å². The van der Waals surface area contributed by atoms with E-state index in [1.807, 2.05) is 0 Å². The number of anilines is 1. The normalized spacial score (nSPS) is 27.4. The molecule has 4 rings (SSSR count). The third-order valence-corrected chi connectivity index (χ3v) is 5.08. The van der Waals surface area contributed by atoms with E-state index in [-0.39, 0.29) is 6.10 Å². The first-order valence-electron chi connectivity index (χ1n) is 7.55. The van der Waals surface area contributed by atoms with Crippen LogP contribution in [0.1, 0.15) is 36.1 Å². The molecule has 2 aliphatic heterocycles. The fourth-order valence-corrected chi connectivity index (χ4v) is 4.06. The van der Waals surface area contributed by atoms with Gasteiger partial charge in [0.25, 0.3) is 0 Å². The molecule has 0 aromatic heterocycles. The highest BCUT2D eigenvalue weighted by Gasteiger charge is 2.39. The van der Waals surface area contributed by atoms with E-state index in [0.29, 0.717) is 12.0 Å². The molecule has 2 heterocycles. The maximum Gasteiger partial charge on any atom is 0.0895 e. The van der Waals surface area contributed by atoms with Crippen molar-refractivity contribution in [3.05, 3.63) is 64.1 Å². The zero-order chi connectivity index (χ0) is 14.2. The lowest BCUT2D eigenvalue weighted by atomic mass is 9.77. The molecule has 3 atom stereocenters. The van der Waals surface area contributed by atoms with E-state index in [1.54, 1.807) is 0 Å². The van der Waals surface area contributed by atoms with E-state index in [9.17, 15) is 0 Å². The Morgan fingerprint density at radius 2 is 2.00 bits per heavy atom. The summed E-state index contributed by atoms with van der Waals surface area (Å²) in [6.45, 7) is 0.876. The van der Waals surface area contributed by atoms with Gasteiger partial charge >= 0.3 is 0 Å². The molecule has 2 aromatic rings. The van der Waals surface area contributed by atoms with E-state index in [0.717, 1.165) is 17.5 Å². The van der Waals surface area contributed by atoms with Crippen molar-refractivity contribution in [2.45, 2.75) is 25.0 Å². The van der Waals surface area contributed by atoms with Crippen LogP contribution in [0.4, 0.5) is 5.69 Å². The van der Waals surface area contributed by atoms with Crippen molar-refractivity contribution in [3.8, 4) is 0 Å². The minimum Gasteiger partial charge on any atom is -0.378 e. The lowest BCUT2D eigenvalue weighted by molar-refractivity contribution is -0.0381. The van der Waals surface area contributed by atoms with Gasteiger partial charge in [-0.3, -0.25) is 0 Å². The Morgan fingerprint density at radius 1 is 1.10 bits per heavy atom. The lowest BCUT2D eigenvalue weighted by Crippen LogP contribution is -2.35. The SMILES string of the molecule is Brc1cccc([C@@H]2Nc3ccccc3[C@@H]3OCCC[C@H]23)c1. The number of para-hydroxylation sites is 1. The molecule has 0 aliphatic carbocycles. The third-order valence-electron chi connectivity index (χ3n) is 4.58. The molecule has 0 spiro atoms. The number of fused-ring (bicyclic) bond motifs is 3. The van der Waals surface area contributed by atoms with Crippen molar-refractivity contribution in [1.82, 2.24) is 0 Å². The number of ether oxygens (including phenoxy) is 1. The number of halogens is 1. The number of hydrogen-bond acceptors (Lipinski definition) is 2. The first-order valence-corrected chi connectivity index (χ1v) is 8.35. The van der Waals surface area contributed by atoms with Crippen LogP contribution in [0.15, 0.2) is 53.0 Å². The van der Waals surface area contributed by atoms with Gasteiger partial charge < -0.3 is 10.1 Å². The van der Waals surface area contributed by atoms with Crippen molar-refractivity contribution in [3.63, 3.8) is 0 Å². The van der Waals surface area contributed by atoms with Crippen molar-refractivity contribution in [1.29, 1.82) is 0 Å². The predicted octanol–water partition coefficient (Wildman–Crippen LogP) is 5.08. The Labute approximate surface area is 133 Å². The van der Waals surface area contributed by atoms with Crippen LogP contribution in [0.5, 0.6) is 0 Å². The second-order valence-corrected chi connectivity index (χ2v) is 6.78. The maximum absolute atomic E-state index is 6.14. The number of benzene rings is 2. The van der Waals surface area contributed by atoms with Gasteiger partial charge in [-0.15, -0.1) is 0 Å². The number of rotatable bonds is 1. The van der Waals surface area contributed by atoms with Gasteiger partial charge in [0, 0.05) is 28.2 Å². The summed E-state index contributed by atoms with van der Waals surface area (Å²) in [5, 5.41) is 3.74. The maximum atomic E-state index is 6.14. The monoisotopic (exact) mass is 343 g/mol. The summed E-state index contributed by atoms with van der Waals surface area (Å²) in [6.07, 6.45) is 2.58. The molecule has 0 saturated carbocycles. The molecule has 0 bridgehead atoms. The van der Waals surface area contributed by atoms with Gasteiger partial charge in [0.15, 0.2) is 0 Å². The second kappa shape index (κ2) is 5.47. The highest BCUT2D eigenvalue weighted by Crippen LogP contribution is 2.49. The largest absolute Gasteiger partial charge is 0.378 e. The molecule has 0 amide bonds. The van der Waals surface area contributed by atoms with Gasteiger partial charge in [0.05, 0.1) is 12.1 Å². The summed E-state index contributed by atoms with van der Waals surface area (Å²) in [4.78, 5) is 0. The number of hydrogen-bond donors (Lipinski definition) is 1. The minimum absolute atomic E-state index is 0.222. The van der Waals surface area contributed by atoms with Gasteiger partial charge in [0.2, 0.25) is 0 Å². The zero-order valence-electron chi connectivity index (χ0n) is 11.8. The van der Waals surface area contributed by atoms with Crippen LogP contribution in [-0.4, -0.2) is 6.61 Å². The summed E-state index contributed by atoms with van der Waals surface area (Å²) in [5.74, 6) is 0.503. The Bertz CT molecular complexity index is 657. The van der Waals surface area contributed by atoms with Crippen molar-refractivity contribution < 1.29 is 4.74 Å². The fraction of sp³-hybridized carbons (Fsp3) is 0.333. The van der Waals surface area contributed by atoms with Gasteiger partial charge in [-0.05, 0) is 36.6 Å². The molecule has 2 aliphatic rings. The molecule has 2 nitrogen and oxygen atoms in total. The molecule has 1 fully saturated rings. The molecular weight excluding hydrogens is 326 g/mol. The highest BCUT2D eigenvalue weighted by molar-refractivity contribution is 9.10. The number of nitrogens with one attached hydrogen (secondary N) is 1. The van der Waals surface area contributed by atoms with Gasteiger partial charge in [-0.25, -0.2) is 0 Å². The van der Waals surface area contributed by atoms with Crippen LogP contribution >= 0.6 is 15.9 Å². The average molecular weight is 344 g/mol. The van der Waals surface area contributed by atoms with Gasteiger partial charge in [-0.1, -0.05) is 46.3 Å². The van der Waals surface area contributed by atoms with Crippen molar-refractivity contribution in [2.75, 3.05) is 11.9 Å². The van der Waals surface area contributed by atoms with Crippen LogP contribution < -0.4 is 5.32 Å². The van der Waals surface area contributed by atoms with Crippen LogP contribution in [0.2, 0.25) is 0 Å². The molecule has 0 unspecified atom stereocenters. The standard InChI is InChI=1S/C18H18BrNO/c19-13-6-3-5-12(11-13)17-15-8-4-10-21-18(15)14-7-1-2-9-16(14)20-17/h1-3,5-7,9,11,15,17-18,20H,4,8,10H2/t15-,17+,18+/m1/s1. The van der Waals surface area contributed by atoms with E-state index >= 15 is 0 Å². The molecule has 3 heteroatoms. The van der Waals surface area contributed by atoms with E-state index in [1.165, 1.54) is 23.2 Å². The first kappa shape index (κ1) is 13.4. The van der Waals surface area contributed by atoms with Crippen LogP contribution in [0.3, 0.4) is 0 Å². The summed E-state index contributed by atoms with van der Waals surface area (Å²) in [7, 11) is 0. The zero-order valence-corrected chi connectivity index (χ0v) is 13.3. The van der Waals surface area contributed by atoms with Gasteiger partial charge in [0.1, 0.15) is 0 Å². The Morgan fingerprint density at radius 3 is 2.90 bits per heavy atom. The van der Waals surface area contributed by atoms with E-state index in [4.69, 9.17) is 4.74 Å². The topological polar surface area (TPSA) is 21.3 Å². The predicted molar refractivity (Wildman–Crippen MR) is 88.4 cm³/mol. The first-order chi connectivity index (χ1) is 10.3. The second-order valence-electron chi connectivity index (χ2n) is 5.86. The van der Waals surface area contributed by atoms with Crippen LogP contribution in [0, 0.1) is 5.92 Å². The summed E-state index contributed by atoms with van der Waals surface area (Å²) in [5.41, 5.74) is 3.86. The Hall–Kier alpha value is -1.32. The van der Waals surface area contributed by atoms with Gasteiger partial charge in [-0.2, -0.15) is 0 Å². The summed E-state index contributed by atoms with van der Waals surface area (Å²) < 4.78 is 7.27. The highest BCUT2D eigenvalue weighted by atomic mass is 79.9. The van der Waals surface area contributed by atoms with E-state index < -0.39 is 0 Å².